The van der Waals surface area contributed by atoms with Crippen LogP contribution in [0.2, 0.25) is 0 Å². The summed E-state index contributed by atoms with van der Waals surface area (Å²) in [6, 6.07) is -1.10. The number of amides is 1. The molecule has 1 unspecified atom stereocenters. The zero-order chi connectivity index (χ0) is 15.7. The number of nitrogens with two attached hydrogens (primary N) is 1. The largest absolute Gasteiger partial charge is 0.466 e. The normalized spacial score (nSPS) is 13.4. The van der Waals surface area contributed by atoms with Crippen LogP contribution < -0.4 is 11.1 Å². The molecule has 0 rings (SSSR count). The van der Waals surface area contributed by atoms with Crippen molar-refractivity contribution in [3.63, 3.8) is 0 Å². The molecule has 0 saturated carbocycles. The SMILES string of the molecule is COC(=O)/C=C/C(=O)NC[C@H](N)C(=O)OC(C)C(C)=O. The number of methoxy groups -OCH3 is 1. The van der Waals surface area contributed by atoms with Crippen LogP contribution in [0.4, 0.5) is 0 Å². The third-order valence-electron chi connectivity index (χ3n) is 2.24. The molecular formula is C12H18N2O6. The first-order valence-electron chi connectivity index (χ1n) is 5.78. The molecule has 2 atom stereocenters. The van der Waals surface area contributed by atoms with E-state index in [1.54, 1.807) is 0 Å². The molecule has 0 aromatic heterocycles. The number of ketones is 1. The van der Waals surface area contributed by atoms with E-state index >= 15 is 0 Å². The summed E-state index contributed by atoms with van der Waals surface area (Å²) in [6.07, 6.45) is 0.988. The van der Waals surface area contributed by atoms with Crippen molar-refractivity contribution in [3.05, 3.63) is 12.2 Å². The highest BCUT2D eigenvalue weighted by atomic mass is 16.5. The molecule has 0 radical (unpaired) electrons. The molecule has 0 heterocycles. The minimum atomic E-state index is -1.10. The van der Waals surface area contributed by atoms with E-state index in [0.29, 0.717) is 0 Å². The molecular weight excluding hydrogens is 268 g/mol. The highest BCUT2D eigenvalue weighted by Gasteiger charge is 2.20. The third-order valence-corrected chi connectivity index (χ3v) is 2.24. The number of hydrogen-bond acceptors (Lipinski definition) is 7. The minimum Gasteiger partial charge on any atom is -0.466 e. The summed E-state index contributed by atoms with van der Waals surface area (Å²) in [6.45, 7) is 2.52. The first-order chi connectivity index (χ1) is 9.27. The van der Waals surface area contributed by atoms with Gasteiger partial charge >= 0.3 is 11.9 Å². The summed E-state index contributed by atoms with van der Waals surface area (Å²) in [5.74, 6) is -2.40. The standard InChI is InChI=1S/C12H18N2O6/c1-7(15)8(2)20-12(18)9(13)6-14-10(16)4-5-11(17)19-3/h4-5,8-9H,6,13H2,1-3H3,(H,14,16)/b5-4+/t8?,9-/m0/s1. The molecule has 3 N–H and O–H groups in total. The van der Waals surface area contributed by atoms with Crippen molar-refractivity contribution in [1.29, 1.82) is 0 Å². The number of esters is 2. The second-order valence-corrected chi connectivity index (χ2v) is 3.90. The van der Waals surface area contributed by atoms with Crippen LogP contribution in [0.25, 0.3) is 0 Å². The Kier molecular flexibility index (Phi) is 7.83. The quantitative estimate of drug-likeness (QED) is 0.439. The van der Waals surface area contributed by atoms with Gasteiger partial charge in [0, 0.05) is 18.7 Å². The van der Waals surface area contributed by atoms with Crippen molar-refractivity contribution < 1.29 is 28.7 Å². The summed E-state index contributed by atoms with van der Waals surface area (Å²) in [5.41, 5.74) is 5.48. The molecule has 0 saturated heterocycles. The van der Waals surface area contributed by atoms with Crippen molar-refractivity contribution in [2.24, 2.45) is 5.73 Å². The average molecular weight is 286 g/mol. The number of ether oxygens (including phenoxy) is 2. The van der Waals surface area contributed by atoms with E-state index in [-0.39, 0.29) is 12.3 Å². The first kappa shape index (κ1) is 17.8. The number of rotatable bonds is 7. The highest BCUT2D eigenvalue weighted by molar-refractivity contribution is 5.94. The van der Waals surface area contributed by atoms with E-state index in [1.165, 1.54) is 21.0 Å². The summed E-state index contributed by atoms with van der Waals surface area (Å²) >= 11 is 0. The van der Waals surface area contributed by atoms with E-state index in [1.807, 2.05) is 0 Å². The number of hydrogen-bond donors (Lipinski definition) is 2. The van der Waals surface area contributed by atoms with Gasteiger partial charge in [0.1, 0.15) is 6.04 Å². The third kappa shape index (κ3) is 7.27. The molecule has 0 aliphatic rings. The fourth-order valence-corrected chi connectivity index (χ4v) is 0.909. The van der Waals surface area contributed by atoms with Crippen LogP contribution in [0.3, 0.4) is 0 Å². The predicted octanol–water partition coefficient (Wildman–Crippen LogP) is -1.32. The van der Waals surface area contributed by atoms with Crippen LogP contribution in [-0.2, 0) is 28.7 Å². The predicted molar refractivity (Wildman–Crippen MR) is 68.4 cm³/mol. The number of carbonyl (C=O) groups is 4. The van der Waals surface area contributed by atoms with E-state index in [4.69, 9.17) is 10.5 Å². The molecule has 0 spiro atoms. The Morgan fingerprint density at radius 2 is 1.85 bits per heavy atom. The van der Waals surface area contributed by atoms with Gasteiger partial charge in [-0.3, -0.25) is 14.4 Å². The van der Waals surface area contributed by atoms with Crippen LogP contribution in [0.15, 0.2) is 12.2 Å². The van der Waals surface area contributed by atoms with Gasteiger partial charge in [-0.15, -0.1) is 0 Å². The Morgan fingerprint density at radius 1 is 1.25 bits per heavy atom. The van der Waals surface area contributed by atoms with Crippen LogP contribution in [0.5, 0.6) is 0 Å². The van der Waals surface area contributed by atoms with E-state index in [2.05, 4.69) is 10.1 Å². The molecule has 20 heavy (non-hydrogen) atoms. The average Bonchev–Trinajstić information content (AvgIpc) is 2.41. The maximum absolute atomic E-state index is 11.4. The molecule has 0 aliphatic carbocycles. The molecule has 0 aliphatic heterocycles. The lowest BCUT2D eigenvalue weighted by Gasteiger charge is -2.14. The lowest BCUT2D eigenvalue weighted by atomic mass is 10.2. The fraction of sp³-hybridized carbons (Fsp3) is 0.500. The highest BCUT2D eigenvalue weighted by Crippen LogP contribution is 1.95. The van der Waals surface area contributed by atoms with Gasteiger partial charge in [0.25, 0.3) is 0 Å². The second kappa shape index (κ2) is 8.81. The van der Waals surface area contributed by atoms with Gasteiger partial charge in [-0.1, -0.05) is 0 Å². The van der Waals surface area contributed by atoms with Crippen molar-refractivity contribution in [3.8, 4) is 0 Å². The lowest BCUT2D eigenvalue weighted by molar-refractivity contribution is -0.154. The van der Waals surface area contributed by atoms with Crippen molar-refractivity contribution >= 4 is 23.6 Å². The van der Waals surface area contributed by atoms with Crippen molar-refractivity contribution in [1.82, 2.24) is 5.32 Å². The monoisotopic (exact) mass is 286 g/mol. The smallest absolute Gasteiger partial charge is 0.330 e. The Balaban J connectivity index is 4.15. The van der Waals surface area contributed by atoms with Gasteiger partial charge < -0.3 is 20.5 Å². The van der Waals surface area contributed by atoms with Gasteiger partial charge in [-0.2, -0.15) is 0 Å². The van der Waals surface area contributed by atoms with Crippen LogP contribution in [0, 0.1) is 0 Å². The minimum absolute atomic E-state index is 0.187. The zero-order valence-electron chi connectivity index (χ0n) is 11.5. The number of nitrogens with one attached hydrogen (secondary N) is 1. The van der Waals surface area contributed by atoms with E-state index in [9.17, 15) is 19.2 Å². The summed E-state index contributed by atoms with van der Waals surface area (Å²) < 4.78 is 9.06. The number of Topliss-reactive ketones (excluding diaryl/α,β-unsaturated/α-hetero) is 1. The molecule has 8 nitrogen and oxygen atoms in total. The van der Waals surface area contributed by atoms with Gasteiger partial charge in [-0.05, 0) is 13.8 Å². The second-order valence-electron chi connectivity index (χ2n) is 3.90. The van der Waals surface area contributed by atoms with E-state index < -0.39 is 30.0 Å². The maximum Gasteiger partial charge on any atom is 0.330 e. The topological polar surface area (TPSA) is 125 Å². The van der Waals surface area contributed by atoms with E-state index in [0.717, 1.165) is 12.2 Å². The first-order valence-corrected chi connectivity index (χ1v) is 5.78. The van der Waals surface area contributed by atoms with Gasteiger partial charge in [0.05, 0.1) is 7.11 Å². The molecule has 1 amide bonds. The molecule has 0 bridgehead atoms. The maximum atomic E-state index is 11.4. The Labute approximate surface area is 116 Å². The van der Waals surface area contributed by atoms with Crippen LogP contribution >= 0.6 is 0 Å². The van der Waals surface area contributed by atoms with Gasteiger partial charge in [0.2, 0.25) is 5.91 Å². The lowest BCUT2D eigenvalue weighted by Crippen LogP contribution is -2.44. The summed E-state index contributed by atoms with van der Waals surface area (Å²) in [4.78, 5) is 44.3. The Bertz CT molecular complexity index is 418. The summed E-state index contributed by atoms with van der Waals surface area (Å²) in [5, 5.41) is 2.30. The molecule has 0 aromatic rings. The Hall–Kier alpha value is -2.22. The molecule has 8 heteroatoms. The van der Waals surface area contributed by atoms with Crippen LogP contribution in [-0.4, -0.2) is 49.4 Å². The van der Waals surface area contributed by atoms with Crippen molar-refractivity contribution in [2.45, 2.75) is 26.0 Å². The number of carbonyl (C=O) groups excluding carboxylic acids is 4. The summed E-state index contributed by atoms with van der Waals surface area (Å²) in [7, 11) is 1.17. The molecule has 112 valence electrons. The fourth-order valence-electron chi connectivity index (χ4n) is 0.909. The molecule has 0 aromatic carbocycles. The Morgan fingerprint density at radius 3 is 2.35 bits per heavy atom. The van der Waals surface area contributed by atoms with Crippen molar-refractivity contribution in [2.75, 3.05) is 13.7 Å². The van der Waals surface area contributed by atoms with Gasteiger partial charge in [0.15, 0.2) is 11.9 Å². The van der Waals surface area contributed by atoms with Gasteiger partial charge in [-0.25, -0.2) is 4.79 Å². The van der Waals surface area contributed by atoms with Crippen LogP contribution in [0.1, 0.15) is 13.8 Å². The molecule has 0 fully saturated rings. The zero-order valence-corrected chi connectivity index (χ0v) is 11.5.